The van der Waals surface area contributed by atoms with Crippen LogP contribution in [-0.4, -0.2) is 0 Å². The summed E-state index contributed by atoms with van der Waals surface area (Å²) in [7, 11) is 0. The van der Waals surface area contributed by atoms with E-state index in [9.17, 15) is 0 Å². The van der Waals surface area contributed by atoms with E-state index in [0.29, 0.717) is 0 Å². The lowest BCUT2D eigenvalue weighted by Crippen LogP contribution is -1.30. The molecule has 0 bridgehead atoms. The Bertz CT molecular complexity index is 324. The minimum Gasteiger partial charge on any atom is -0.137 e. The third-order valence-electron chi connectivity index (χ3n) is 1.03. The van der Waals surface area contributed by atoms with Crippen molar-refractivity contribution in [2.45, 2.75) is 7.43 Å². The van der Waals surface area contributed by atoms with Crippen molar-refractivity contribution in [3.05, 3.63) is 41.0 Å². The van der Waals surface area contributed by atoms with E-state index in [4.69, 9.17) is 0 Å². The lowest BCUT2D eigenvalue weighted by atomic mass is 10.7. The summed E-state index contributed by atoms with van der Waals surface area (Å²) in [5.41, 5.74) is 0. The summed E-state index contributed by atoms with van der Waals surface area (Å²) < 4.78 is 3.53. The Balaban J connectivity index is 0.000000227. The molecule has 0 unspecified atom stereocenters. The van der Waals surface area contributed by atoms with E-state index in [-0.39, 0.29) is 7.43 Å². The molecule has 0 atom stereocenters. The van der Waals surface area contributed by atoms with Gasteiger partial charge in [0, 0.05) is 0 Å². The van der Waals surface area contributed by atoms with Gasteiger partial charge < -0.3 is 0 Å². The molecule has 0 saturated heterocycles. The molecule has 2 heterocycles. The zero-order valence-corrected chi connectivity index (χ0v) is 12.7. The SMILES string of the molecule is Brc1ccc(Br)s1.Brc1cccs1.C. The summed E-state index contributed by atoms with van der Waals surface area (Å²) in [5.74, 6) is 0. The maximum atomic E-state index is 3.32. The number of hydrogen-bond donors (Lipinski definition) is 0. The highest BCUT2D eigenvalue weighted by Gasteiger charge is 1.88. The van der Waals surface area contributed by atoms with Crippen LogP contribution in [0.2, 0.25) is 0 Å². The molecule has 0 fully saturated rings. The van der Waals surface area contributed by atoms with Crippen molar-refractivity contribution in [2.24, 2.45) is 0 Å². The summed E-state index contributed by atoms with van der Waals surface area (Å²) in [6.07, 6.45) is 0. The third-order valence-corrected chi connectivity index (χ3v) is 4.67. The first-order valence-corrected chi connectivity index (χ1v) is 7.36. The molecule has 0 radical (unpaired) electrons. The van der Waals surface area contributed by atoms with Crippen molar-refractivity contribution in [1.29, 1.82) is 0 Å². The molecule has 0 aliphatic heterocycles. The highest BCUT2D eigenvalue weighted by molar-refractivity contribution is 9.12. The average molecular weight is 421 g/mol. The van der Waals surface area contributed by atoms with Gasteiger partial charge in [-0.3, -0.25) is 0 Å². The Kier molecular flexibility index (Phi) is 8.53. The summed E-state index contributed by atoms with van der Waals surface area (Å²) >= 11 is 13.3. The molecule has 0 aliphatic rings. The molecule has 2 aromatic rings. The standard InChI is InChI=1S/C4H2Br2S.C4H3BrS.CH4/c5-3-1-2-4(6)7-3;5-4-2-1-3-6-4;/h1-2H;1-3H;1H4. The molecule has 0 aliphatic carbocycles. The number of halogens is 3. The third kappa shape index (κ3) is 6.35. The van der Waals surface area contributed by atoms with Crippen LogP contribution in [0.1, 0.15) is 7.43 Å². The van der Waals surface area contributed by atoms with Crippen LogP contribution in [0.4, 0.5) is 0 Å². The van der Waals surface area contributed by atoms with Gasteiger partial charge in [0.1, 0.15) is 0 Å². The Morgan fingerprint density at radius 1 is 0.857 bits per heavy atom. The van der Waals surface area contributed by atoms with Crippen LogP contribution in [0.15, 0.2) is 41.0 Å². The molecule has 14 heavy (non-hydrogen) atoms. The molecule has 0 nitrogen and oxygen atoms in total. The van der Waals surface area contributed by atoms with Crippen molar-refractivity contribution in [3.8, 4) is 0 Å². The number of hydrogen-bond acceptors (Lipinski definition) is 2. The Labute approximate surface area is 118 Å². The Hall–Kier alpha value is 0.840. The van der Waals surface area contributed by atoms with Crippen molar-refractivity contribution >= 4 is 70.5 Å². The summed E-state index contributed by atoms with van der Waals surface area (Å²) in [6, 6.07) is 8.04. The average Bonchev–Trinajstić information content (AvgIpc) is 2.64. The molecule has 0 spiro atoms. The quantitative estimate of drug-likeness (QED) is 0.461. The highest BCUT2D eigenvalue weighted by Crippen LogP contribution is 2.26. The second kappa shape index (κ2) is 8.05. The topological polar surface area (TPSA) is 0 Å². The molecule has 78 valence electrons. The van der Waals surface area contributed by atoms with Crippen molar-refractivity contribution in [2.75, 3.05) is 0 Å². The van der Waals surface area contributed by atoms with Gasteiger partial charge in [-0.2, -0.15) is 0 Å². The summed E-state index contributed by atoms with van der Waals surface area (Å²) in [5, 5.41) is 2.03. The van der Waals surface area contributed by atoms with Gasteiger partial charge in [-0.1, -0.05) is 13.5 Å². The molecular weight excluding hydrogens is 412 g/mol. The van der Waals surface area contributed by atoms with Gasteiger partial charge in [0.2, 0.25) is 0 Å². The largest absolute Gasteiger partial charge is 0.137 e. The van der Waals surface area contributed by atoms with E-state index < -0.39 is 0 Å². The number of thiophene rings is 2. The summed E-state index contributed by atoms with van der Waals surface area (Å²) in [6.45, 7) is 0. The van der Waals surface area contributed by atoms with Gasteiger partial charge in [-0.25, -0.2) is 0 Å². The molecular formula is C9H9Br3S2. The Morgan fingerprint density at radius 3 is 1.57 bits per heavy atom. The molecule has 2 rings (SSSR count). The summed E-state index contributed by atoms with van der Waals surface area (Å²) in [4.78, 5) is 0. The lowest BCUT2D eigenvalue weighted by molar-refractivity contribution is 1.93. The van der Waals surface area contributed by atoms with Crippen molar-refractivity contribution in [1.82, 2.24) is 0 Å². The fourth-order valence-electron chi connectivity index (χ4n) is 0.551. The lowest BCUT2D eigenvalue weighted by Gasteiger charge is -1.67. The van der Waals surface area contributed by atoms with E-state index in [1.54, 1.807) is 22.7 Å². The zero-order valence-electron chi connectivity index (χ0n) is 6.34. The monoisotopic (exact) mass is 418 g/mol. The van der Waals surface area contributed by atoms with Gasteiger partial charge in [0.25, 0.3) is 0 Å². The normalized spacial score (nSPS) is 8.50. The molecule has 0 N–H and O–H groups in total. The van der Waals surface area contributed by atoms with Crippen LogP contribution in [-0.2, 0) is 0 Å². The molecule has 0 aromatic carbocycles. The van der Waals surface area contributed by atoms with E-state index in [2.05, 4.69) is 47.8 Å². The molecule has 0 amide bonds. The molecule has 5 heteroatoms. The smallest absolute Gasteiger partial charge is 0.0710 e. The van der Waals surface area contributed by atoms with Gasteiger partial charge in [-0.15, -0.1) is 22.7 Å². The molecule has 0 saturated carbocycles. The Morgan fingerprint density at radius 2 is 1.43 bits per heavy atom. The highest BCUT2D eigenvalue weighted by atomic mass is 79.9. The van der Waals surface area contributed by atoms with Gasteiger partial charge >= 0.3 is 0 Å². The predicted octanol–water partition coefficient (Wildman–Crippen LogP) is 6.42. The van der Waals surface area contributed by atoms with Gasteiger partial charge in [0.15, 0.2) is 0 Å². The molecule has 2 aromatic heterocycles. The first kappa shape index (κ1) is 14.8. The van der Waals surface area contributed by atoms with E-state index in [1.807, 2.05) is 29.6 Å². The minimum atomic E-state index is 0. The van der Waals surface area contributed by atoms with Gasteiger partial charge in [0.05, 0.1) is 11.4 Å². The number of rotatable bonds is 0. The van der Waals surface area contributed by atoms with Crippen LogP contribution in [0.25, 0.3) is 0 Å². The minimum absolute atomic E-state index is 0. The second-order valence-corrected chi connectivity index (χ2v) is 8.13. The van der Waals surface area contributed by atoms with Crippen LogP contribution >= 0.6 is 70.5 Å². The van der Waals surface area contributed by atoms with E-state index in [0.717, 1.165) is 0 Å². The van der Waals surface area contributed by atoms with Crippen LogP contribution in [0.5, 0.6) is 0 Å². The van der Waals surface area contributed by atoms with Crippen LogP contribution in [0, 0.1) is 0 Å². The van der Waals surface area contributed by atoms with E-state index >= 15 is 0 Å². The first-order chi connectivity index (χ1) is 6.18. The first-order valence-electron chi connectivity index (χ1n) is 3.28. The maximum absolute atomic E-state index is 3.32. The predicted molar refractivity (Wildman–Crippen MR) is 78.5 cm³/mol. The second-order valence-electron chi connectivity index (χ2n) is 1.96. The van der Waals surface area contributed by atoms with Gasteiger partial charge in [-0.05, 0) is 71.4 Å². The van der Waals surface area contributed by atoms with Crippen molar-refractivity contribution < 1.29 is 0 Å². The van der Waals surface area contributed by atoms with Crippen LogP contribution < -0.4 is 0 Å². The van der Waals surface area contributed by atoms with Crippen LogP contribution in [0.3, 0.4) is 0 Å². The zero-order chi connectivity index (χ0) is 9.68. The fourth-order valence-corrected chi connectivity index (χ4v) is 3.89. The van der Waals surface area contributed by atoms with Crippen molar-refractivity contribution in [3.63, 3.8) is 0 Å². The fraction of sp³-hybridized carbons (Fsp3) is 0.111. The van der Waals surface area contributed by atoms with E-state index in [1.165, 1.54) is 11.4 Å². The maximum Gasteiger partial charge on any atom is 0.0710 e.